The summed E-state index contributed by atoms with van der Waals surface area (Å²) in [4.78, 5) is 11.5. The second-order valence-corrected chi connectivity index (χ2v) is 3.67. The van der Waals surface area contributed by atoms with E-state index in [0.717, 1.165) is 0 Å². The molecular formula is C12H16O3. The normalized spacial score (nSPS) is 14.3. The molecule has 0 saturated heterocycles. The van der Waals surface area contributed by atoms with Crippen LogP contribution in [-0.4, -0.2) is 23.3 Å². The van der Waals surface area contributed by atoms with Gasteiger partial charge in [0.1, 0.15) is 6.10 Å². The first-order valence-corrected chi connectivity index (χ1v) is 5.03. The van der Waals surface area contributed by atoms with Crippen molar-refractivity contribution >= 4 is 5.97 Å². The van der Waals surface area contributed by atoms with Crippen molar-refractivity contribution in [3.05, 3.63) is 35.9 Å². The van der Waals surface area contributed by atoms with Gasteiger partial charge in [-0.1, -0.05) is 18.2 Å². The molecule has 0 fully saturated rings. The van der Waals surface area contributed by atoms with Crippen LogP contribution in [0.5, 0.6) is 0 Å². The zero-order chi connectivity index (χ0) is 11.3. The third kappa shape index (κ3) is 4.13. The van der Waals surface area contributed by atoms with E-state index in [9.17, 15) is 4.79 Å². The lowest BCUT2D eigenvalue weighted by Gasteiger charge is -2.14. The predicted molar refractivity (Wildman–Crippen MR) is 57.6 cm³/mol. The summed E-state index contributed by atoms with van der Waals surface area (Å²) in [5, 5.41) is 9.11. The van der Waals surface area contributed by atoms with Crippen molar-refractivity contribution in [3.8, 4) is 0 Å². The Bertz CT molecular complexity index is 306. The first-order valence-electron chi connectivity index (χ1n) is 5.03. The SMILES string of the molecule is C[C@H](O)C[C@H](C)OC(=O)c1ccccc1. The van der Waals surface area contributed by atoms with Gasteiger partial charge in [0.2, 0.25) is 0 Å². The van der Waals surface area contributed by atoms with Crippen LogP contribution >= 0.6 is 0 Å². The van der Waals surface area contributed by atoms with Gasteiger partial charge in [0, 0.05) is 6.42 Å². The van der Waals surface area contributed by atoms with Gasteiger partial charge in [-0.05, 0) is 26.0 Å². The van der Waals surface area contributed by atoms with E-state index in [-0.39, 0.29) is 12.1 Å². The molecule has 0 bridgehead atoms. The molecule has 15 heavy (non-hydrogen) atoms. The Morgan fingerprint density at radius 3 is 2.47 bits per heavy atom. The van der Waals surface area contributed by atoms with Gasteiger partial charge in [0.05, 0.1) is 11.7 Å². The summed E-state index contributed by atoms with van der Waals surface area (Å²) in [5.41, 5.74) is 0.537. The van der Waals surface area contributed by atoms with Crippen molar-refractivity contribution in [1.29, 1.82) is 0 Å². The van der Waals surface area contributed by atoms with Gasteiger partial charge in [-0.15, -0.1) is 0 Å². The van der Waals surface area contributed by atoms with Crippen molar-refractivity contribution in [2.24, 2.45) is 0 Å². The van der Waals surface area contributed by atoms with E-state index in [2.05, 4.69) is 0 Å². The molecule has 1 N–H and O–H groups in total. The van der Waals surface area contributed by atoms with Gasteiger partial charge in [0.25, 0.3) is 0 Å². The summed E-state index contributed by atoms with van der Waals surface area (Å²) in [6, 6.07) is 8.83. The van der Waals surface area contributed by atoms with E-state index in [1.54, 1.807) is 38.1 Å². The monoisotopic (exact) mass is 208 g/mol. The first-order chi connectivity index (χ1) is 7.09. The Morgan fingerprint density at radius 1 is 1.33 bits per heavy atom. The topological polar surface area (TPSA) is 46.5 Å². The highest BCUT2D eigenvalue weighted by Gasteiger charge is 2.12. The first kappa shape index (κ1) is 11.7. The van der Waals surface area contributed by atoms with Gasteiger partial charge in [-0.25, -0.2) is 4.79 Å². The average Bonchev–Trinajstić information content (AvgIpc) is 2.17. The van der Waals surface area contributed by atoms with E-state index in [1.807, 2.05) is 6.07 Å². The van der Waals surface area contributed by atoms with Crippen LogP contribution in [0.4, 0.5) is 0 Å². The zero-order valence-corrected chi connectivity index (χ0v) is 9.01. The van der Waals surface area contributed by atoms with Crippen LogP contribution in [-0.2, 0) is 4.74 Å². The Kier molecular flexibility index (Phi) is 4.31. The molecular weight excluding hydrogens is 192 g/mol. The summed E-state index contributed by atoms with van der Waals surface area (Å²) < 4.78 is 5.15. The van der Waals surface area contributed by atoms with E-state index in [0.29, 0.717) is 12.0 Å². The minimum Gasteiger partial charge on any atom is -0.459 e. The van der Waals surface area contributed by atoms with E-state index in [4.69, 9.17) is 9.84 Å². The number of hydrogen-bond donors (Lipinski definition) is 1. The fourth-order valence-electron chi connectivity index (χ4n) is 1.35. The van der Waals surface area contributed by atoms with Gasteiger partial charge < -0.3 is 9.84 Å². The summed E-state index contributed by atoms with van der Waals surface area (Å²) >= 11 is 0. The van der Waals surface area contributed by atoms with Crippen LogP contribution in [0.25, 0.3) is 0 Å². The molecule has 3 nitrogen and oxygen atoms in total. The molecule has 3 heteroatoms. The van der Waals surface area contributed by atoms with Crippen LogP contribution in [0, 0.1) is 0 Å². The second-order valence-electron chi connectivity index (χ2n) is 3.67. The molecule has 0 amide bonds. The number of esters is 1. The summed E-state index contributed by atoms with van der Waals surface area (Å²) in [6.45, 7) is 3.44. The highest BCUT2D eigenvalue weighted by Crippen LogP contribution is 2.07. The number of aliphatic hydroxyl groups is 1. The molecule has 0 unspecified atom stereocenters. The number of rotatable bonds is 4. The summed E-state index contributed by atoms with van der Waals surface area (Å²) in [5.74, 6) is -0.344. The molecule has 0 aliphatic carbocycles. The van der Waals surface area contributed by atoms with Crippen LogP contribution in [0.2, 0.25) is 0 Å². The molecule has 0 heterocycles. The number of carbonyl (C=O) groups is 1. The maximum absolute atomic E-state index is 11.5. The molecule has 1 aromatic rings. The molecule has 82 valence electrons. The molecule has 0 radical (unpaired) electrons. The van der Waals surface area contributed by atoms with Crippen molar-refractivity contribution in [2.75, 3.05) is 0 Å². The predicted octanol–water partition coefficient (Wildman–Crippen LogP) is 2.00. The maximum Gasteiger partial charge on any atom is 0.338 e. The average molecular weight is 208 g/mol. The van der Waals surface area contributed by atoms with Crippen molar-refractivity contribution in [3.63, 3.8) is 0 Å². The zero-order valence-electron chi connectivity index (χ0n) is 9.01. The molecule has 0 aromatic heterocycles. The minimum absolute atomic E-state index is 0.266. The van der Waals surface area contributed by atoms with E-state index in [1.165, 1.54) is 0 Å². The second kappa shape index (κ2) is 5.51. The third-order valence-corrected chi connectivity index (χ3v) is 1.99. The molecule has 0 aliphatic rings. The molecule has 1 aromatic carbocycles. The third-order valence-electron chi connectivity index (χ3n) is 1.99. The molecule has 0 spiro atoms. The Morgan fingerprint density at radius 2 is 1.93 bits per heavy atom. The number of carbonyl (C=O) groups excluding carboxylic acids is 1. The van der Waals surface area contributed by atoms with E-state index < -0.39 is 6.10 Å². The lowest BCUT2D eigenvalue weighted by molar-refractivity contribution is 0.0222. The van der Waals surface area contributed by atoms with E-state index >= 15 is 0 Å². The smallest absolute Gasteiger partial charge is 0.338 e. The minimum atomic E-state index is -0.455. The molecule has 0 saturated carbocycles. The van der Waals surface area contributed by atoms with Gasteiger partial charge in [0.15, 0.2) is 0 Å². The Balaban J connectivity index is 2.49. The standard InChI is InChI=1S/C12H16O3/c1-9(13)8-10(2)15-12(14)11-6-4-3-5-7-11/h3-7,9-10,13H,8H2,1-2H3/t9-,10-/m0/s1. The van der Waals surface area contributed by atoms with Gasteiger partial charge >= 0.3 is 5.97 Å². The Hall–Kier alpha value is -1.35. The van der Waals surface area contributed by atoms with Crippen molar-refractivity contribution < 1.29 is 14.6 Å². The highest BCUT2D eigenvalue weighted by molar-refractivity contribution is 5.89. The quantitative estimate of drug-likeness (QED) is 0.770. The largest absolute Gasteiger partial charge is 0.459 e. The Labute approximate surface area is 89.7 Å². The van der Waals surface area contributed by atoms with Crippen molar-refractivity contribution in [1.82, 2.24) is 0 Å². The van der Waals surface area contributed by atoms with Crippen LogP contribution < -0.4 is 0 Å². The number of ether oxygens (including phenoxy) is 1. The maximum atomic E-state index is 11.5. The van der Waals surface area contributed by atoms with Crippen LogP contribution in [0.3, 0.4) is 0 Å². The molecule has 0 aliphatic heterocycles. The highest BCUT2D eigenvalue weighted by atomic mass is 16.5. The lowest BCUT2D eigenvalue weighted by atomic mass is 10.2. The van der Waals surface area contributed by atoms with Crippen LogP contribution in [0.15, 0.2) is 30.3 Å². The summed E-state index contributed by atoms with van der Waals surface area (Å²) in [7, 11) is 0. The fourth-order valence-corrected chi connectivity index (χ4v) is 1.35. The van der Waals surface area contributed by atoms with Crippen LogP contribution in [0.1, 0.15) is 30.6 Å². The number of hydrogen-bond acceptors (Lipinski definition) is 3. The number of aliphatic hydroxyl groups excluding tert-OH is 1. The van der Waals surface area contributed by atoms with Gasteiger partial charge in [-0.3, -0.25) is 0 Å². The van der Waals surface area contributed by atoms with Crippen molar-refractivity contribution in [2.45, 2.75) is 32.5 Å². The molecule has 1 rings (SSSR count). The summed E-state index contributed by atoms with van der Waals surface area (Å²) in [6.07, 6.45) is -0.264. The number of benzene rings is 1. The molecule has 2 atom stereocenters. The van der Waals surface area contributed by atoms with Gasteiger partial charge in [-0.2, -0.15) is 0 Å². The lowest BCUT2D eigenvalue weighted by Crippen LogP contribution is -2.19. The fraction of sp³-hybridized carbons (Fsp3) is 0.417.